The molecule has 0 spiro atoms. The number of hydrogen-bond acceptors (Lipinski definition) is 3. The zero-order chi connectivity index (χ0) is 15.6. The van der Waals surface area contributed by atoms with E-state index in [2.05, 4.69) is 0 Å². The molecule has 21 heavy (non-hydrogen) atoms. The Morgan fingerprint density at radius 2 is 2.14 bits per heavy atom. The molecule has 0 aromatic carbocycles. The predicted octanol–water partition coefficient (Wildman–Crippen LogP) is 1.11. The second-order valence-corrected chi connectivity index (χ2v) is 4.90. The second-order valence-electron chi connectivity index (χ2n) is 4.90. The van der Waals surface area contributed by atoms with Crippen molar-refractivity contribution in [3.63, 3.8) is 0 Å². The Morgan fingerprint density at radius 3 is 2.76 bits per heavy atom. The standard InChI is InChI=1S/C13H15F3N2O3/c1-9-6-17(4-5-21-9)12(20)8-18-7-10(13(14,15)16)2-3-11(18)19/h2-3,7,9H,4-6,8H2,1H3/t9-/m1/s1. The molecule has 1 atom stereocenters. The molecule has 0 unspecified atom stereocenters. The zero-order valence-electron chi connectivity index (χ0n) is 11.4. The quantitative estimate of drug-likeness (QED) is 0.822. The van der Waals surface area contributed by atoms with Crippen LogP contribution in [0.5, 0.6) is 0 Å². The van der Waals surface area contributed by atoms with Gasteiger partial charge >= 0.3 is 6.18 Å². The lowest BCUT2D eigenvalue weighted by Crippen LogP contribution is -2.46. The average molecular weight is 304 g/mol. The maximum atomic E-state index is 12.6. The molecule has 0 saturated carbocycles. The lowest BCUT2D eigenvalue weighted by molar-refractivity contribution is -0.140. The van der Waals surface area contributed by atoms with Crippen molar-refractivity contribution in [2.24, 2.45) is 0 Å². The first-order valence-electron chi connectivity index (χ1n) is 6.44. The van der Waals surface area contributed by atoms with Crippen molar-refractivity contribution in [1.29, 1.82) is 0 Å². The topological polar surface area (TPSA) is 51.5 Å². The fourth-order valence-electron chi connectivity index (χ4n) is 2.11. The molecule has 1 aromatic rings. The molecule has 116 valence electrons. The number of halogens is 3. The SMILES string of the molecule is C[C@@H]1CN(C(=O)Cn2cc(C(F)(F)F)ccc2=O)CCO1. The number of amides is 1. The molecule has 0 radical (unpaired) electrons. The van der Waals surface area contributed by atoms with Crippen molar-refractivity contribution in [3.8, 4) is 0 Å². The summed E-state index contributed by atoms with van der Waals surface area (Å²) in [4.78, 5) is 25.1. The summed E-state index contributed by atoms with van der Waals surface area (Å²) in [5.41, 5.74) is -1.59. The molecule has 1 amide bonds. The third-order valence-corrected chi connectivity index (χ3v) is 3.21. The first-order valence-corrected chi connectivity index (χ1v) is 6.44. The smallest absolute Gasteiger partial charge is 0.375 e. The van der Waals surface area contributed by atoms with Crippen LogP contribution >= 0.6 is 0 Å². The number of pyridine rings is 1. The van der Waals surface area contributed by atoms with E-state index in [9.17, 15) is 22.8 Å². The van der Waals surface area contributed by atoms with Crippen molar-refractivity contribution in [2.75, 3.05) is 19.7 Å². The van der Waals surface area contributed by atoms with Gasteiger partial charge in [-0.25, -0.2) is 0 Å². The molecule has 0 aliphatic carbocycles. The van der Waals surface area contributed by atoms with E-state index in [1.165, 1.54) is 4.90 Å². The Morgan fingerprint density at radius 1 is 1.43 bits per heavy atom. The van der Waals surface area contributed by atoms with Gasteiger partial charge in [0.25, 0.3) is 5.56 Å². The van der Waals surface area contributed by atoms with Gasteiger partial charge in [0.2, 0.25) is 5.91 Å². The lowest BCUT2D eigenvalue weighted by Gasteiger charge is -2.31. The first-order chi connectivity index (χ1) is 9.77. The van der Waals surface area contributed by atoms with Crippen LogP contribution in [-0.4, -0.2) is 41.2 Å². The Balaban J connectivity index is 2.15. The van der Waals surface area contributed by atoms with Crippen LogP contribution in [0.25, 0.3) is 0 Å². The number of carbonyl (C=O) groups excluding carboxylic acids is 1. The highest BCUT2D eigenvalue weighted by molar-refractivity contribution is 5.76. The third kappa shape index (κ3) is 3.84. The summed E-state index contributed by atoms with van der Waals surface area (Å²) >= 11 is 0. The predicted molar refractivity (Wildman–Crippen MR) is 67.7 cm³/mol. The molecule has 2 rings (SSSR count). The molecular weight excluding hydrogens is 289 g/mol. The van der Waals surface area contributed by atoms with E-state index in [-0.39, 0.29) is 6.10 Å². The normalized spacial score (nSPS) is 19.6. The zero-order valence-corrected chi connectivity index (χ0v) is 11.4. The number of hydrogen-bond donors (Lipinski definition) is 0. The van der Waals surface area contributed by atoms with Crippen LogP contribution in [0, 0.1) is 0 Å². The third-order valence-electron chi connectivity index (χ3n) is 3.21. The summed E-state index contributed by atoms with van der Waals surface area (Å²) in [5, 5.41) is 0. The molecule has 0 N–H and O–H groups in total. The van der Waals surface area contributed by atoms with Crippen LogP contribution in [-0.2, 0) is 22.3 Å². The highest BCUT2D eigenvalue weighted by Crippen LogP contribution is 2.28. The van der Waals surface area contributed by atoms with Gasteiger partial charge < -0.3 is 14.2 Å². The maximum Gasteiger partial charge on any atom is 0.417 e. The molecule has 2 heterocycles. The van der Waals surface area contributed by atoms with Gasteiger partial charge in [0.05, 0.1) is 18.3 Å². The first kappa shape index (κ1) is 15.6. The van der Waals surface area contributed by atoms with E-state index < -0.39 is 29.8 Å². The van der Waals surface area contributed by atoms with Crippen molar-refractivity contribution in [2.45, 2.75) is 25.7 Å². The Labute approximate surface area is 118 Å². The number of morpholine rings is 1. The fraction of sp³-hybridized carbons (Fsp3) is 0.538. The van der Waals surface area contributed by atoms with Gasteiger partial charge in [-0.2, -0.15) is 13.2 Å². The number of ether oxygens (including phenoxy) is 1. The number of aromatic nitrogens is 1. The van der Waals surface area contributed by atoms with Crippen molar-refractivity contribution in [1.82, 2.24) is 9.47 Å². The number of rotatable bonds is 2. The van der Waals surface area contributed by atoms with Crippen LogP contribution in [0.4, 0.5) is 13.2 Å². The van der Waals surface area contributed by atoms with Crippen LogP contribution in [0.15, 0.2) is 23.1 Å². The van der Waals surface area contributed by atoms with Gasteiger partial charge in [-0.15, -0.1) is 0 Å². The lowest BCUT2D eigenvalue weighted by atomic mass is 10.2. The highest BCUT2D eigenvalue weighted by Gasteiger charge is 2.31. The van der Waals surface area contributed by atoms with Crippen molar-refractivity contribution < 1.29 is 22.7 Å². The molecular formula is C13H15F3N2O3. The Bertz CT molecular complexity index is 583. The Kier molecular flexibility index (Phi) is 4.36. The summed E-state index contributed by atoms with van der Waals surface area (Å²) in [7, 11) is 0. The van der Waals surface area contributed by atoms with Crippen molar-refractivity contribution >= 4 is 5.91 Å². The summed E-state index contributed by atoms with van der Waals surface area (Å²) < 4.78 is 43.9. The number of alkyl halides is 3. The van der Waals surface area contributed by atoms with E-state index in [4.69, 9.17) is 4.74 Å². The second kappa shape index (κ2) is 5.88. The van der Waals surface area contributed by atoms with Crippen molar-refractivity contribution in [3.05, 3.63) is 34.2 Å². The number of nitrogens with zero attached hydrogens (tertiary/aromatic N) is 2. The maximum absolute atomic E-state index is 12.6. The van der Waals surface area contributed by atoms with Crippen LogP contribution in [0.2, 0.25) is 0 Å². The summed E-state index contributed by atoms with van der Waals surface area (Å²) in [6.07, 6.45) is -4.00. The molecule has 1 fully saturated rings. The van der Waals surface area contributed by atoms with E-state index in [0.29, 0.717) is 32.0 Å². The summed E-state index contributed by atoms with van der Waals surface area (Å²) in [6.45, 7) is 2.51. The van der Waals surface area contributed by atoms with E-state index >= 15 is 0 Å². The molecule has 1 aliphatic heterocycles. The van der Waals surface area contributed by atoms with Crippen LogP contribution in [0.1, 0.15) is 12.5 Å². The van der Waals surface area contributed by atoms with E-state index in [1.807, 2.05) is 0 Å². The Hall–Kier alpha value is -1.83. The summed E-state index contributed by atoms with van der Waals surface area (Å²) in [6, 6.07) is 1.53. The minimum Gasteiger partial charge on any atom is -0.375 e. The minimum absolute atomic E-state index is 0.124. The van der Waals surface area contributed by atoms with Gasteiger partial charge in [0.15, 0.2) is 0 Å². The average Bonchev–Trinajstić information content (AvgIpc) is 2.40. The molecule has 8 heteroatoms. The summed E-state index contributed by atoms with van der Waals surface area (Å²) in [5.74, 6) is -0.397. The molecule has 0 bridgehead atoms. The fourth-order valence-corrected chi connectivity index (χ4v) is 2.11. The van der Waals surface area contributed by atoms with E-state index in [1.54, 1.807) is 6.92 Å². The van der Waals surface area contributed by atoms with Crippen LogP contribution < -0.4 is 5.56 Å². The van der Waals surface area contributed by atoms with Gasteiger partial charge in [-0.05, 0) is 13.0 Å². The van der Waals surface area contributed by atoms with Gasteiger partial charge in [-0.3, -0.25) is 9.59 Å². The monoisotopic (exact) mass is 304 g/mol. The number of carbonyl (C=O) groups is 1. The van der Waals surface area contributed by atoms with Crippen LogP contribution in [0.3, 0.4) is 0 Å². The van der Waals surface area contributed by atoms with Gasteiger partial charge in [-0.1, -0.05) is 0 Å². The molecule has 1 saturated heterocycles. The van der Waals surface area contributed by atoms with Gasteiger partial charge in [0, 0.05) is 25.4 Å². The highest BCUT2D eigenvalue weighted by atomic mass is 19.4. The molecule has 1 aromatic heterocycles. The van der Waals surface area contributed by atoms with E-state index in [0.717, 1.165) is 10.6 Å². The molecule has 5 nitrogen and oxygen atoms in total. The minimum atomic E-state index is -4.55. The molecule has 1 aliphatic rings. The largest absolute Gasteiger partial charge is 0.417 e. The van der Waals surface area contributed by atoms with Gasteiger partial charge in [0.1, 0.15) is 6.54 Å².